The Kier molecular flexibility index (Phi) is 5.86. The molecule has 0 bridgehead atoms. The molecule has 1 N–H and O–H groups in total. The van der Waals surface area contributed by atoms with Crippen LogP contribution in [0.25, 0.3) is 0 Å². The highest BCUT2D eigenvalue weighted by Crippen LogP contribution is 2.32. The number of hydrogen-bond acceptors (Lipinski definition) is 4. The highest BCUT2D eigenvalue weighted by molar-refractivity contribution is 6.31. The number of nitrogens with zero attached hydrogens (tertiary/aromatic N) is 1. The second-order valence-electron chi connectivity index (χ2n) is 4.48. The van der Waals surface area contributed by atoms with Gasteiger partial charge in [-0.1, -0.05) is 29.8 Å². The number of benzene rings is 1. The van der Waals surface area contributed by atoms with E-state index in [9.17, 15) is 18.0 Å². The van der Waals surface area contributed by atoms with Crippen LogP contribution >= 0.6 is 11.6 Å². The predicted octanol–water partition coefficient (Wildman–Crippen LogP) is 4.38. The van der Waals surface area contributed by atoms with Crippen LogP contribution in [-0.4, -0.2) is 24.3 Å². The van der Waals surface area contributed by atoms with Crippen LogP contribution in [0.2, 0.25) is 5.02 Å². The number of hydrogen-bond donors (Lipinski definition) is 1. The molecule has 5 nitrogen and oxygen atoms in total. The molecule has 9 heteroatoms. The topological polar surface area (TPSA) is 60.5 Å². The molecular formula is C15H12ClF3N2O3. The number of ether oxygens (including phenoxy) is 2. The van der Waals surface area contributed by atoms with Crippen LogP contribution in [0, 0.1) is 0 Å². The third-order valence-electron chi connectivity index (χ3n) is 2.71. The van der Waals surface area contributed by atoms with Crippen molar-refractivity contribution in [1.82, 2.24) is 4.98 Å². The summed E-state index contributed by atoms with van der Waals surface area (Å²) in [5, 5.41) is 2.21. The van der Waals surface area contributed by atoms with Crippen molar-refractivity contribution in [3.63, 3.8) is 0 Å². The molecule has 0 aliphatic heterocycles. The van der Waals surface area contributed by atoms with E-state index in [0.29, 0.717) is 18.0 Å². The summed E-state index contributed by atoms with van der Waals surface area (Å²) in [6, 6.07) is 9.37. The zero-order chi connectivity index (χ0) is 17.6. The fourth-order valence-electron chi connectivity index (χ4n) is 1.63. The van der Waals surface area contributed by atoms with E-state index in [-0.39, 0.29) is 24.1 Å². The van der Waals surface area contributed by atoms with E-state index in [1.807, 2.05) is 0 Å². The van der Waals surface area contributed by atoms with Crippen LogP contribution in [0.4, 0.5) is 23.7 Å². The van der Waals surface area contributed by atoms with Gasteiger partial charge in [0, 0.05) is 11.9 Å². The highest BCUT2D eigenvalue weighted by atomic mass is 35.5. The summed E-state index contributed by atoms with van der Waals surface area (Å²) in [7, 11) is 0. The fraction of sp³-hybridized carbons (Fsp3) is 0.200. The number of alkyl halides is 3. The van der Waals surface area contributed by atoms with Gasteiger partial charge in [0.1, 0.15) is 18.2 Å². The standard InChI is InChI=1S/C15H12ClF3N2O3/c16-12-8-10(15(17,18)19)9-20-13(12)23-6-7-24-14(22)21-11-4-2-1-3-5-11/h1-5,8-9H,6-7H2,(H,21,22). The van der Waals surface area contributed by atoms with Gasteiger partial charge in [-0.25, -0.2) is 9.78 Å². The summed E-state index contributed by atoms with van der Waals surface area (Å²) >= 11 is 5.68. The molecule has 0 aliphatic rings. The second kappa shape index (κ2) is 7.87. The third kappa shape index (κ3) is 5.31. The van der Waals surface area contributed by atoms with Crippen LogP contribution in [0.15, 0.2) is 42.6 Å². The van der Waals surface area contributed by atoms with E-state index in [0.717, 1.165) is 0 Å². The lowest BCUT2D eigenvalue weighted by Gasteiger charge is -2.11. The van der Waals surface area contributed by atoms with Crippen molar-refractivity contribution < 1.29 is 27.4 Å². The highest BCUT2D eigenvalue weighted by Gasteiger charge is 2.31. The monoisotopic (exact) mass is 360 g/mol. The Hall–Kier alpha value is -2.48. The van der Waals surface area contributed by atoms with E-state index in [2.05, 4.69) is 10.3 Å². The number of rotatable bonds is 5. The molecule has 0 atom stereocenters. The van der Waals surface area contributed by atoms with E-state index < -0.39 is 17.8 Å². The van der Waals surface area contributed by atoms with Crippen LogP contribution in [0.3, 0.4) is 0 Å². The van der Waals surface area contributed by atoms with Gasteiger partial charge in [0.05, 0.1) is 5.56 Å². The quantitative estimate of drug-likeness (QED) is 0.804. The van der Waals surface area contributed by atoms with Crippen molar-refractivity contribution in [3.8, 4) is 5.88 Å². The minimum absolute atomic E-state index is 0.111. The first-order valence-electron chi connectivity index (χ1n) is 6.70. The summed E-state index contributed by atoms with van der Waals surface area (Å²) in [5.41, 5.74) is -0.408. The average Bonchev–Trinajstić information content (AvgIpc) is 2.52. The number of para-hydroxylation sites is 1. The molecule has 1 aromatic heterocycles. The van der Waals surface area contributed by atoms with Crippen LogP contribution in [0.1, 0.15) is 5.56 Å². The minimum Gasteiger partial charge on any atom is -0.473 e. The Morgan fingerprint density at radius 2 is 1.92 bits per heavy atom. The number of amides is 1. The van der Waals surface area contributed by atoms with Gasteiger partial charge in [0.2, 0.25) is 5.88 Å². The largest absolute Gasteiger partial charge is 0.473 e. The molecule has 0 unspecified atom stereocenters. The zero-order valence-corrected chi connectivity index (χ0v) is 12.9. The number of pyridine rings is 1. The average molecular weight is 361 g/mol. The van der Waals surface area contributed by atoms with E-state index in [1.165, 1.54) is 0 Å². The van der Waals surface area contributed by atoms with Crippen LogP contribution < -0.4 is 10.1 Å². The third-order valence-corrected chi connectivity index (χ3v) is 2.98. The molecule has 1 heterocycles. The first-order chi connectivity index (χ1) is 11.4. The van der Waals surface area contributed by atoms with Crippen molar-refractivity contribution in [3.05, 3.63) is 53.2 Å². The van der Waals surface area contributed by atoms with Crippen molar-refractivity contribution >= 4 is 23.4 Å². The molecule has 2 rings (SSSR count). The maximum Gasteiger partial charge on any atom is 0.417 e. The van der Waals surface area contributed by atoms with Crippen molar-refractivity contribution in [2.45, 2.75) is 6.18 Å². The van der Waals surface area contributed by atoms with Gasteiger partial charge in [-0.2, -0.15) is 13.2 Å². The Morgan fingerprint density at radius 1 is 1.21 bits per heavy atom. The van der Waals surface area contributed by atoms with E-state index in [1.54, 1.807) is 30.3 Å². The molecule has 0 saturated carbocycles. The maximum atomic E-state index is 12.5. The molecule has 2 aromatic rings. The second-order valence-corrected chi connectivity index (χ2v) is 4.89. The molecular weight excluding hydrogens is 349 g/mol. The molecule has 0 radical (unpaired) electrons. The molecule has 0 spiro atoms. The summed E-state index contributed by atoms with van der Waals surface area (Å²) in [6.07, 6.45) is -4.60. The molecule has 0 fully saturated rings. The van der Waals surface area contributed by atoms with Gasteiger partial charge in [-0.3, -0.25) is 5.32 Å². The van der Waals surface area contributed by atoms with Gasteiger partial charge >= 0.3 is 12.3 Å². The number of carbonyl (C=O) groups excluding carboxylic acids is 1. The number of carbonyl (C=O) groups is 1. The van der Waals surface area contributed by atoms with Gasteiger partial charge in [-0.05, 0) is 18.2 Å². The Bertz CT molecular complexity index is 696. The minimum atomic E-state index is -4.53. The zero-order valence-electron chi connectivity index (χ0n) is 12.1. The molecule has 1 amide bonds. The number of halogens is 4. The number of anilines is 1. The van der Waals surface area contributed by atoms with Gasteiger partial charge in [-0.15, -0.1) is 0 Å². The predicted molar refractivity (Wildman–Crippen MR) is 81.2 cm³/mol. The molecule has 1 aromatic carbocycles. The van der Waals surface area contributed by atoms with E-state index >= 15 is 0 Å². The first-order valence-corrected chi connectivity index (χ1v) is 7.08. The maximum absolute atomic E-state index is 12.5. The molecule has 0 saturated heterocycles. The Balaban J connectivity index is 1.77. The fourth-order valence-corrected chi connectivity index (χ4v) is 1.86. The lowest BCUT2D eigenvalue weighted by atomic mass is 10.3. The van der Waals surface area contributed by atoms with Crippen molar-refractivity contribution in [2.24, 2.45) is 0 Å². The smallest absolute Gasteiger partial charge is 0.417 e. The Morgan fingerprint density at radius 3 is 2.54 bits per heavy atom. The van der Waals surface area contributed by atoms with Crippen molar-refractivity contribution in [1.29, 1.82) is 0 Å². The molecule has 24 heavy (non-hydrogen) atoms. The first kappa shape index (κ1) is 17.9. The van der Waals surface area contributed by atoms with Crippen LogP contribution in [-0.2, 0) is 10.9 Å². The van der Waals surface area contributed by atoms with Gasteiger partial charge in [0.25, 0.3) is 0 Å². The summed E-state index contributed by atoms with van der Waals surface area (Å²) in [5.74, 6) is -0.170. The lowest BCUT2D eigenvalue weighted by molar-refractivity contribution is -0.137. The van der Waals surface area contributed by atoms with Crippen LogP contribution in [0.5, 0.6) is 5.88 Å². The van der Waals surface area contributed by atoms with Crippen molar-refractivity contribution in [2.75, 3.05) is 18.5 Å². The summed E-state index contributed by atoms with van der Waals surface area (Å²) in [4.78, 5) is 15.0. The summed E-state index contributed by atoms with van der Waals surface area (Å²) < 4.78 is 47.4. The normalized spacial score (nSPS) is 11.0. The van der Waals surface area contributed by atoms with E-state index in [4.69, 9.17) is 21.1 Å². The molecule has 0 aliphatic carbocycles. The Labute approximate surface area is 140 Å². The SMILES string of the molecule is O=C(Nc1ccccc1)OCCOc1ncc(C(F)(F)F)cc1Cl. The van der Waals surface area contributed by atoms with Gasteiger partial charge < -0.3 is 9.47 Å². The summed E-state index contributed by atoms with van der Waals surface area (Å²) in [6.45, 7) is -0.238. The number of aromatic nitrogens is 1. The molecule has 128 valence electrons. The lowest BCUT2D eigenvalue weighted by Crippen LogP contribution is -2.18. The van der Waals surface area contributed by atoms with Gasteiger partial charge in [0.15, 0.2) is 0 Å². The number of nitrogens with one attached hydrogen (secondary N) is 1.